The van der Waals surface area contributed by atoms with Crippen LogP contribution >= 0.6 is 0 Å². The quantitative estimate of drug-likeness (QED) is 0.836. The van der Waals surface area contributed by atoms with Crippen molar-refractivity contribution < 1.29 is 13.2 Å². The molecule has 0 N–H and O–H groups in total. The fourth-order valence-corrected chi connectivity index (χ4v) is 4.86. The first-order valence-corrected chi connectivity index (χ1v) is 8.67. The molecule has 1 aromatic carbocycles. The molecule has 19 heavy (non-hydrogen) atoms. The molecule has 2 aliphatic rings. The van der Waals surface area contributed by atoms with E-state index in [1.54, 1.807) is 24.3 Å². The van der Waals surface area contributed by atoms with E-state index in [9.17, 15) is 8.42 Å². The van der Waals surface area contributed by atoms with Crippen LogP contribution in [0.2, 0.25) is 0 Å². The summed E-state index contributed by atoms with van der Waals surface area (Å²) in [5.41, 5.74) is -0.644. The molecule has 0 amide bonds. The monoisotopic (exact) mass is 280 g/mol. The fourth-order valence-electron chi connectivity index (χ4n) is 3.29. The first-order chi connectivity index (χ1) is 9.18. The van der Waals surface area contributed by atoms with Crippen LogP contribution in [0.4, 0.5) is 0 Å². The van der Waals surface area contributed by atoms with Crippen molar-refractivity contribution in [2.45, 2.75) is 55.0 Å². The predicted molar refractivity (Wildman–Crippen MR) is 73.5 cm³/mol. The second-order valence-corrected chi connectivity index (χ2v) is 7.67. The summed E-state index contributed by atoms with van der Waals surface area (Å²) in [5, 5.41) is 0. The predicted octanol–water partition coefficient (Wildman–Crippen LogP) is 3.16. The minimum absolute atomic E-state index is 0.158. The number of hydrogen-bond acceptors (Lipinski definition) is 3. The summed E-state index contributed by atoms with van der Waals surface area (Å²) in [6.07, 6.45) is 6.43. The molecule has 1 aliphatic heterocycles. The molecular formula is C15H20O3S. The minimum Gasteiger partial charge on any atom is -0.358 e. The largest absolute Gasteiger partial charge is 0.358 e. The Labute approximate surface area is 114 Å². The Hall–Kier alpha value is -0.870. The molecule has 4 heteroatoms. The zero-order valence-electron chi connectivity index (χ0n) is 11.0. The van der Waals surface area contributed by atoms with Crippen molar-refractivity contribution in [2.75, 3.05) is 0 Å². The van der Waals surface area contributed by atoms with Gasteiger partial charge >= 0.3 is 0 Å². The third-order valence-electron chi connectivity index (χ3n) is 4.36. The second kappa shape index (κ2) is 5.25. The van der Waals surface area contributed by atoms with Gasteiger partial charge in [-0.3, -0.25) is 0 Å². The highest BCUT2D eigenvalue weighted by Gasteiger charge is 2.39. The number of benzene rings is 1. The van der Waals surface area contributed by atoms with Gasteiger partial charge in [0.1, 0.15) is 0 Å². The van der Waals surface area contributed by atoms with Crippen LogP contribution in [-0.4, -0.2) is 20.0 Å². The molecule has 0 spiro atoms. The Balaban J connectivity index is 1.79. The van der Waals surface area contributed by atoms with Gasteiger partial charge in [-0.2, -0.15) is 0 Å². The van der Waals surface area contributed by atoms with E-state index in [2.05, 4.69) is 0 Å². The molecule has 104 valence electrons. The Morgan fingerprint density at radius 2 is 1.68 bits per heavy atom. The molecule has 3 atom stereocenters. The standard InChI is InChI=1S/C15H20O3S/c16-19(17,13-7-2-1-3-8-13)15-11-10-12-6-4-5-9-14(12)18-15/h1-3,7-8,12,14-15H,4-6,9-11H2/t12-,14-,15?/m1/s1. The second-order valence-electron chi connectivity index (χ2n) is 5.58. The van der Waals surface area contributed by atoms with E-state index in [0.717, 1.165) is 12.8 Å². The van der Waals surface area contributed by atoms with E-state index in [1.165, 1.54) is 19.3 Å². The minimum atomic E-state index is -3.33. The van der Waals surface area contributed by atoms with Gasteiger partial charge in [-0.1, -0.05) is 31.0 Å². The maximum absolute atomic E-state index is 12.5. The Bertz CT molecular complexity index is 524. The Kier molecular flexibility index (Phi) is 3.63. The first kappa shape index (κ1) is 13.1. The number of rotatable bonds is 2. The van der Waals surface area contributed by atoms with Crippen LogP contribution in [0.25, 0.3) is 0 Å². The van der Waals surface area contributed by atoms with Gasteiger partial charge in [0, 0.05) is 0 Å². The molecule has 3 nitrogen and oxygen atoms in total. The van der Waals surface area contributed by atoms with Gasteiger partial charge in [0.05, 0.1) is 11.0 Å². The molecule has 1 aromatic rings. The summed E-state index contributed by atoms with van der Waals surface area (Å²) in [6, 6.07) is 8.67. The third kappa shape index (κ3) is 2.56. The highest BCUT2D eigenvalue weighted by molar-refractivity contribution is 7.91. The maximum Gasteiger partial charge on any atom is 0.205 e. The van der Waals surface area contributed by atoms with Crippen LogP contribution in [0.15, 0.2) is 35.2 Å². The van der Waals surface area contributed by atoms with Crippen LogP contribution in [-0.2, 0) is 14.6 Å². The Morgan fingerprint density at radius 1 is 0.947 bits per heavy atom. The first-order valence-electron chi connectivity index (χ1n) is 7.12. The fraction of sp³-hybridized carbons (Fsp3) is 0.600. The number of hydrogen-bond donors (Lipinski definition) is 0. The van der Waals surface area contributed by atoms with Gasteiger partial charge in [0.2, 0.25) is 9.84 Å². The topological polar surface area (TPSA) is 43.4 Å². The summed E-state index contributed by atoms with van der Waals surface area (Å²) in [5.74, 6) is 0.580. The lowest BCUT2D eigenvalue weighted by molar-refractivity contribution is -0.0659. The molecule has 1 heterocycles. The number of sulfone groups is 1. The van der Waals surface area contributed by atoms with Gasteiger partial charge in [-0.05, 0) is 43.7 Å². The van der Waals surface area contributed by atoms with Gasteiger partial charge < -0.3 is 4.74 Å². The molecule has 1 saturated carbocycles. The smallest absolute Gasteiger partial charge is 0.205 e. The average Bonchev–Trinajstić information content (AvgIpc) is 2.47. The summed E-state index contributed by atoms with van der Waals surface area (Å²) in [6.45, 7) is 0. The molecule has 0 aromatic heterocycles. The zero-order chi connectivity index (χ0) is 13.3. The molecular weight excluding hydrogens is 260 g/mol. The van der Waals surface area contributed by atoms with Crippen LogP contribution in [0, 0.1) is 5.92 Å². The third-order valence-corrected chi connectivity index (χ3v) is 6.33. The van der Waals surface area contributed by atoms with Crippen molar-refractivity contribution in [3.8, 4) is 0 Å². The lowest BCUT2D eigenvalue weighted by atomic mass is 9.82. The summed E-state index contributed by atoms with van der Waals surface area (Å²) < 4.78 is 31.0. The van der Waals surface area contributed by atoms with Crippen LogP contribution in [0.1, 0.15) is 38.5 Å². The van der Waals surface area contributed by atoms with Crippen molar-refractivity contribution >= 4 is 9.84 Å². The van der Waals surface area contributed by atoms with Crippen LogP contribution in [0.3, 0.4) is 0 Å². The maximum atomic E-state index is 12.5. The van der Waals surface area contributed by atoms with Gasteiger partial charge in [-0.15, -0.1) is 0 Å². The molecule has 0 radical (unpaired) electrons. The van der Waals surface area contributed by atoms with Crippen molar-refractivity contribution in [1.29, 1.82) is 0 Å². The highest BCUT2D eigenvalue weighted by Crippen LogP contribution is 2.38. The van der Waals surface area contributed by atoms with Gasteiger partial charge in [-0.25, -0.2) is 8.42 Å². The van der Waals surface area contributed by atoms with Crippen LogP contribution in [0.5, 0.6) is 0 Å². The van der Waals surface area contributed by atoms with E-state index >= 15 is 0 Å². The average molecular weight is 280 g/mol. The number of fused-ring (bicyclic) bond motifs is 1. The molecule has 3 rings (SSSR count). The lowest BCUT2D eigenvalue weighted by Gasteiger charge is -2.39. The van der Waals surface area contributed by atoms with E-state index in [4.69, 9.17) is 4.74 Å². The van der Waals surface area contributed by atoms with Gasteiger partial charge in [0.15, 0.2) is 5.44 Å². The number of ether oxygens (including phenoxy) is 1. The van der Waals surface area contributed by atoms with E-state index in [0.29, 0.717) is 17.2 Å². The zero-order valence-corrected chi connectivity index (χ0v) is 11.8. The van der Waals surface area contributed by atoms with Gasteiger partial charge in [0.25, 0.3) is 0 Å². The normalized spacial score (nSPS) is 31.7. The lowest BCUT2D eigenvalue weighted by Crippen LogP contribution is -2.40. The summed E-state index contributed by atoms with van der Waals surface area (Å²) in [7, 11) is -3.33. The van der Waals surface area contributed by atoms with Crippen molar-refractivity contribution in [3.05, 3.63) is 30.3 Å². The SMILES string of the molecule is O=S(=O)(c1ccccc1)C1CC[C@H]2CCCC[C@H]2O1. The van der Waals surface area contributed by atoms with Crippen LogP contribution < -0.4 is 0 Å². The molecule has 0 bridgehead atoms. The Morgan fingerprint density at radius 3 is 2.47 bits per heavy atom. The molecule has 2 fully saturated rings. The van der Waals surface area contributed by atoms with E-state index in [1.807, 2.05) is 6.07 Å². The van der Waals surface area contributed by atoms with Crippen molar-refractivity contribution in [2.24, 2.45) is 5.92 Å². The highest BCUT2D eigenvalue weighted by atomic mass is 32.2. The van der Waals surface area contributed by atoms with E-state index in [-0.39, 0.29) is 6.10 Å². The van der Waals surface area contributed by atoms with E-state index < -0.39 is 15.3 Å². The summed E-state index contributed by atoms with van der Waals surface area (Å²) >= 11 is 0. The molecule has 1 unspecified atom stereocenters. The molecule has 1 aliphatic carbocycles. The van der Waals surface area contributed by atoms with Crippen molar-refractivity contribution in [1.82, 2.24) is 0 Å². The van der Waals surface area contributed by atoms with Crippen molar-refractivity contribution in [3.63, 3.8) is 0 Å². The molecule has 1 saturated heterocycles. The summed E-state index contributed by atoms with van der Waals surface area (Å²) in [4.78, 5) is 0.384.